The molecule has 0 N–H and O–H groups in total. The molecule has 1 aromatic carbocycles. The van der Waals surface area contributed by atoms with Crippen LogP contribution in [0.4, 0.5) is 4.39 Å². The smallest absolute Gasteiger partial charge is 0.236 e. The van der Waals surface area contributed by atoms with Crippen LogP contribution in [-0.4, -0.2) is 72.9 Å². The van der Waals surface area contributed by atoms with E-state index in [-0.39, 0.29) is 30.2 Å². The fourth-order valence-electron chi connectivity index (χ4n) is 4.37. The van der Waals surface area contributed by atoms with Gasteiger partial charge in [0, 0.05) is 38.3 Å². The first kappa shape index (κ1) is 21.6. The highest BCUT2D eigenvalue weighted by molar-refractivity contribution is 5.84. The molecule has 29 heavy (non-hydrogen) atoms. The highest BCUT2D eigenvalue weighted by Gasteiger charge is 2.48. The monoisotopic (exact) mass is 405 g/mol. The number of benzene rings is 1. The summed E-state index contributed by atoms with van der Waals surface area (Å²) in [7, 11) is 3.36. The van der Waals surface area contributed by atoms with E-state index in [1.54, 1.807) is 29.0 Å². The molecule has 2 aliphatic rings. The molecule has 2 heterocycles. The quantitative estimate of drug-likeness (QED) is 0.730. The van der Waals surface area contributed by atoms with Crippen LogP contribution in [-0.2, 0) is 16.1 Å². The first-order valence-electron chi connectivity index (χ1n) is 10.4. The molecule has 7 heteroatoms. The van der Waals surface area contributed by atoms with Gasteiger partial charge in [-0.25, -0.2) is 4.39 Å². The van der Waals surface area contributed by atoms with Crippen molar-refractivity contribution in [1.82, 2.24) is 14.7 Å². The number of likely N-dealkylation sites (N-methyl/N-ethyl adjacent to an activating group) is 1. The lowest BCUT2D eigenvalue weighted by Gasteiger charge is -2.39. The summed E-state index contributed by atoms with van der Waals surface area (Å²) in [5, 5.41) is 0. The Morgan fingerprint density at radius 1 is 1.31 bits per heavy atom. The third-order valence-electron chi connectivity index (χ3n) is 6.40. The Labute approximate surface area is 172 Å². The molecule has 160 valence electrons. The lowest BCUT2D eigenvalue weighted by Crippen LogP contribution is -2.50. The lowest BCUT2D eigenvalue weighted by molar-refractivity contribution is -0.146. The second-order valence-corrected chi connectivity index (χ2v) is 8.63. The Kier molecular flexibility index (Phi) is 6.46. The number of hydrogen-bond donors (Lipinski definition) is 0. The van der Waals surface area contributed by atoms with Crippen molar-refractivity contribution in [3.8, 4) is 5.75 Å². The maximum atomic E-state index is 14.3. The van der Waals surface area contributed by atoms with Gasteiger partial charge in [-0.3, -0.25) is 14.5 Å². The molecule has 2 aliphatic heterocycles. The SMILES string of the molecule is COc1ccc(F)c(CN2CCC[C@]3(CCN(CC(=O)N(C)C(C)C)C3)C2=O)c1. The van der Waals surface area contributed by atoms with E-state index in [0.717, 1.165) is 25.8 Å². The van der Waals surface area contributed by atoms with Crippen molar-refractivity contribution in [1.29, 1.82) is 0 Å². The third kappa shape index (κ3) is 4.55. The van der Waals surface area contributed by atoms with Crippen LogP contribution >= 0.6 is 0 Å². The van der Waals surface area contributed by atoms with E-state index < -0.39 is 5.41 Å². The van der Waals surface area contributed by atoms with Crippen LogP contribution in [0.2, 0.25) is 0 Å². The number of hydrogen-bond acceptors (Lipinski definition) is 4. The Morgan fingerprint density at radius 3 is 2.76 bits per heavy atom. The zero-order valence-electron chi connectivity index (χ0n) is 17.9. The molecule has 0 radical (unpaired) electrons. The number of methoxy groups -OCH3 is 1. The summed E-state index contributed by atoms with van der Waals surface area (Å²) in [6, 6.07) is 4.78. The van der Waals surface area contributed by atoms with Crippen molar-refractivity contribution in [2.45, 2.75) is 45.7 Å². The maximum Gasteiger partial charge on any atom is 0.236 e. The topological polar surface area (TPSA) is 53.1 Å². The average Bonchev–Trinajstić information content (AvgIpc) is 3.09. The van der Waals surface area contributed by atoms with Crippen LogP contribution in [0.3, 0.4) is 0 Å². The molecule has 1 spiro atoms. The van der Waals surface area contributed by atoms with E-state index >= 15 is 0 Å². The highest BCUT2D eigenvalue weighted by Crippen LogP contribution is 2.40. The van der Waals surface area contributed by atoms with Gasteiger partial charge in [0.1, 0.15) is 11.6 Å². The van der Waals surface area contributed by atoms with E-state index in [4.69, 9.17) is 4.74 Å². The summed E-state index contributed by atoms with van der Waals surface area (Å²) in [6.45, 7) is 6.54. The van der Waals surface area contributed by atoms with Gasteiger partial charge in [0.15, 0.2) is 0 Å². The molecule has 0 aliphatic carbocycles. The predicted molar refractivity (Wildman–Crippen MR) is 109 cm³/mol. The van der Waals surface area contributed by atoms with Crippen LogP contribution in [0.15, 0.2) is 18.2 Å². The van der Waals surface area contributed by atoms with Gasteiger partial charge in [-0.05, 0) is 57.9 Å². The van der Waals surface area contributed by atoms with Gasteiger partial charge in [-0.2, -0.15) is 0 Å². The molecule has 1 aromatic rings. The zero-order chi connectivity index (χ0) is 21.2. The average molecular weight is 406 g/mol. The number of likely N-dealkylation sites (tertiary alicyclic amines) is 2. The van der Waals surface area contributed by atoms with Gasteiger partial charge >= 0.3 is 0 Å². The van der Waals surface area contributed by atoms with Crippen molar-refractivity contribution in [3.05, 3.63) is 29.6 Å². The van der Waals surface area contributed by atoms with Gasteiger partial charge in [-0.15, -0.1) is 0 Å². The van der Waals surface area contributed by atoms with Crippen molar-refractivity contribution in [2.24, 2.45) is 5.41 Å². The summed E-state index contributed by atoms with van der Waals surface area (Å²) in [6.07, 6.45) is 2.47. The van der Waals surface area contributed by atoms with Crippen LogP contribution < -0.4 is 4.74 Å². The minimum absolute atomic E-state index is 0.0793. The molecule has 2 amide bonds. The van der Waals surface area contributed by atoms with Gasteiger partial charge in [0.2, 0.25) is 11.8 Å². The number of nitrogens with zero attached hydrogens (tertiary/aromatic N) is 3. The normalized spacial score (nSPS) is 22.6. The Hall–Kier alpha value is -2.15. The fourth-order valence-corrected chi connectivity index (χ4v) is 4.37. The fraction of sp³-hybridized carbons (Fsp3) is 0.636. The van der Waals surface area contributed by atoms with E-state index in [2.05, 4.69) is 4.90 Å². The summed E-state index contributed by atoms with van der Waals surface area (Å²) >= 11 is 0. The minimum Gasteiger partial charge on any atom is -0.497 e. The second-order valence-electron chi connectivity index (χ2n) is 8.63. The van der Waals surface area contributed by atoms with Gasteiger partial charge < -0.3 is 14.5 Å². The first-order valence-corrected chi connectivity index (χ1v) is 10.4. The standard InChI is InChI=1S/C22H32FN3O3/c1-16(2)24(3)20(27)14-25-11-9-22(15-25)8-5-10-26(21(22)28)13-17-12-18(29-4)6-7-19(17)23/h6-7,12,16H,5,8-11,13-15H2,1-4H3/t22-/m1/s1. The summed E-state index contributed by atoms with van der Waals surface area (Å²) in [5.74, 6) is 0.419. The molecule has 2 saturated heterocycles. The number of rotatable bonds is 6. The Morgan fingerprint density at radius 2 is 2.07 bits per heavy atom. The zero-order valence-corrected chi connectivity index (χ0v) is 17.9. The van der Waals surface area contributed by atoms with Crippen LogP contribution in [0.1, 0.15) is 38.7 Å². The number of carbonyl (C=O) groups is 2. The number of carbonyl (C=O) groups excluding carboxylic acids is 2. The number of halogens is 1. The maximum absolute atomic E-state index is 14.3. The molecule has 3 rings (SSSR count). The second kappa shape index (κ2) is 8.69. The molecule has 1 atom stereocenters. The van der Waals surface area contributed by atoms with Crippen molar-refractivity contribution >= 4 is 11.8 Å². The van der Waals surface area contributed by atoms with Gasteiger partial charge in [0.25, 0.3) is 0 Å². The van der Waals surface area contributed by atoms with Crippen LogP contribution in [0.5, 0.6) is 5.75 Å². The van der Waals surface area contributed by atoms with E-state index in [0.29, 0.717) is 30.9 Å². The Bertz CT molecular complexity index is 770. The predicted octanol–water partition coefficient (Wildman–Crippen LogP) is 2.52. The molecular formula is C22H32FN3O3. The minimum atomic E-state index is -0.454. The largest absolute Gasteiger partial charge is 0.497 e. The number of amides is 2. The van der Waals surface area contributed by atoms with Gasteiger partial charge in [-0.1, -0.05) is 0 Å². The third-order valence-corrected chi connectivity index (χ3v) is 6.40. The van der Waals surface area contributed by atoms with Crippen molar-refractivity contribution in [3.63, 3.8) is 0 Å². The van der Waals surface area contributed by atoms with E-state index in [1.165, 1.54) is 6.07 Å². The van der Waals surface area contributed by atoms with E-state index in [1.807, 2.05) is 20.9 Å². The molecule has 0 unspecified atom stereocenters. The van der Waals surface area contributed by atoms with Crippen LogP contribution in [0.25, 0.3) is 0 Å². The van der Waals surface area contributed by atoms with Crippen molar-refractivity contribution in [2.75, 3.05) is 40.3 Å². The number of piperidine rings is 1. The summed E-state index contributed by atoms with van der Waals surface area (Å²) < 4.78 is 19.5. The molecule has 2 fully saturated rings. The lowest BCUT2D eigenvalue weighted by atomic mass is 9.78. The molecular weight excluding hydrogens is 373 g/mol. The molecule has 0 saturated carbocycles. The van der Waals surface area contributed by atoms with Gasteiger partial charge in [0.05, 0.1) is 19.1 Å². The molecule has 0 aromatic heterocycles. The van der Waals surface area contributed by atoms with Crippen molar-refractivity contribution < 1.29 is 18.7 Å². The summed E-state index contributed by atoms with van der Waals surface area (Å²) in [4.78, 5) is 31.4. The summed E-state index contributed by atoms with van der Waals surface area (Å²) in [5.41, 5.74) is 0.0166. The number of ether oxygens (including phenoxy) is 1. The van der Waals surface area contributed by atoms with Crippen LogP contribution in [0, 0.1) is 11.2 Å². The van der Waals surface area contributed by atoms with E-state index in [9.17, 15) is 14.0 Å². The molecule has 6 nitrogen and oxygen atoms in total. The Balaban J connectivity index is 1.67. The highest BCUT2D eigenvalue weighted by atomic mass is 19.1. The first-order chi connectivity index (χ1) is 13.8. The molecule has 0 bridgehead atoms.